The van der Waals surface area contributed by atoms with Crippen LogP contribution >= 0.6 is 0 Å². The molecule has 0 aliphatic rings. The van der Waals surface area contributed by atoms with Gasteiger partial charge in [0, 0.05) is 30.2 Å². The van der Waals surface area contributed by atoms with Crippen LogP contribution in [-0.4, -0.2) is 24.5 Å². The zero-order valence-corrected chi connectivity index (χ0v) is 12.2. The number of rotatable bonds is 6. The lowest BCUT2D eigenvalue weighted by atomic mass is 10.1. The van der Waals surface area contributed by atoms with E-state index in [9.17, 15) is 4.79 Å². The van der Waals surface area contributed by atoms with E-state index in [0.717, 1.165) is 11.3 Å². The predicted molar refractivity (Wildman–Crippen MR) is 82.3 cm³/mol. The highest BCUT2D eigenvalue weighted by Crippen LogP contribution is 2.16. The first kappa shape index (κ1) is 15.0. The Hall–Kier alpha value is -2.40. The summed E-state index contributed by atoms with van der Waals surface area (Å²) in [6.07, 6.45) is 3.48. The molecule has 1 aromatic heterocycles. The molecule has 0 fully saturated rings. The second-order valence-electron chi connectivity index (χ2n) is 4.66. The molecule has 0 aliphatic heterocycles. The molecule has 0 bridgehead atoms. The van der Waals surface area contributed by atoms with Crippen molar-refractivity contribution in [3.8, 4) is 5.75 Å². The molecule has 0 saturated carbocycles. The summed E-state index contributed by atoms with van der Waals surface area (Å²) in [5.41, 5.74) is 1.82. The third kappa shape index (κ3) is 4.57. The average molecular weight is 285 g/mol. The van der Waals surface area contributed by atoms with Crippen molar-refractivity contribution in [2.75, 3.05) is 19.0 Å². The number of carbonyl (C=O) groups is 1. The molecular weight excluding hydrogens is 266 g/mol. The lowest BCUT2D eigenvalue weighted by Gasteiger charge is -2.14. The van der Waals surface area contributed by atoms with E-state index >= 15 is 0 Å². The molecule has 110 valence electrons. The van der Waals surface area contributed by atoms with Crippen LogP contribution in [0.15, 0.2) is 48.8 Å². The van der Waals surface area contributed by atoms with Crippen molar-refractivity contribution in [1.82, 2.24) is 10.3 Å². The Labute approximate surface area is 124 Å². The van der Waals surface area contributed by atoms with Crippen LogP contribution in [0.25, 0.3) is 0 Å². The lowest BCUT2D eigenvalue weighted by Crippen LogP contribution is -2.30. The molecule has 1 heterocycles. The Balaban J connectivity index is 1.84. The third-order valence-corrected chi connectivity index (χ3v) is 3.13. The normalized spacial score (nSPS) is 11.7. The van der Waals surface area contributed by atoms with Gasteiger partial charge in [-0.2, -0.15) is 0 Å². The SMILES string of the molecule is COc1cccc(NC(=O)CNC(C)c2ccncc2)c1. The largest absolute Gasteiger partial charge is 0.497 e. The summed E-state index contributed by atoms with van der Waals surface area (Å²) in [4.78, 5) is 15.9. The Morgan fingerprint density at radius 3 is 2.76 bits per heavy atom. The number of nitrogens with zero attached hydrogens (tertiary/aromatic N) is 1. The number of carbonyl (C=O) groups excluding carboxylic acids is 1. The topological polar surface area (TPSA) is 63.2 Å². The van der Waals surface area contributed by atoms with Crippen molar-refractivity contribution < 1.29 is 9.53 Å². The minimum atomic E-state index is -0.0934. The first-order chi connectivity index (χ1) is 10.2. The van der Waals surface area contributed by atoms with Crippen LogP contribution in [0.3, 0.4) is 0 Å². The number of methoxy groups -OCH3 is 1. The Bertz CT molecular complexity index is 587. The van der Waals surface area contributed by atoms with Crippen molar-refractivity contribution in [3.05, 3.63) is 54.4 Å². The molecule has 1 unspecified atom stereocenters. The highest BCUT2D eigenvalue weighted by Gasteiger charge is 2.08. The first-order valence-electron chi connectivity index (χ1n) is 6.76. The lowest BCUT2D eigenvalue weighted by molar-refractivity contribution is -0.115. The van der Waals surface area contributed by atoms with Crippen LogP contribution in [0.2, 0.25) is 0 Å². The number of pyridine rings is 1. The summed E-state index contributed by atoms with van der Waals surface area (Å²) < 4.78 is 5.12. The molecule has 0 spiro atoms. The Morgan fingerprint density at radius 2 is 2.05 bits per heavy atom. The number of nitrogens with one attached hydrogen (secondary N) is 2. The molecule has 0 saturated heterocycles. The van der Waals surface area contributed by atoms with E-state index in [1.807, 2.05) is 37.3 Å². The van der Waals surface area contributed by atoms with E-state index in [0.29, 0.717) is 5.75 Å². The first-order valence-corrected chi connectivity index (χ1v) is 6.76. The standard InChI is InChI=1S/C16H19N3O2/c1-12(13-6-8-17-9-7-13)18-11-16(20)19-14-4-3-5-15(10-14)21-2/h3-10,12,18H,11H2,1-2H3,(H,19,20). The fraction of sp³-hybridized carbons (Fsp3) is 0.250. The second kappa shape index (κ2) is 7.40. The summed E-state index contributed by atoms with van der Waals surface area (Å²) in [6, 6.07) is 11.2. The van der Waals surface area contributed by atoms with Crippen LogP contribution in [0, 0.1) is 0 Å². The van der Waals surface area contributed by atoms with Gasteiger partial charge in [-0.3, -0.25) is 9.78 Å². The molecule has 2 rings (SSSR count). The summed E-state index contributed by atoms with van der Waals surface area (Å²) in [7, 11) is 1.60. The van der Waals surface area contributed by atoms with Gasteiger partial charge in [-0.05, 0) is 36.8 Å². The maximum Gasteiger partial charge on any atom is 0.238 e. The number of hydrogen-bond donors (Lipinski definition) is 2. The Kier molecular flexibility index (Phi) is 5.29. The number of benzene rings is 1. The summed E-state index contributed by atoms with van der Waals surface area (Å²) in [6.45, 7) is 2.24. The van der Waals surface area contributed by atoms with Gasteiger partial charge in [0.05, 0.1) is 13.7 Å². The molecule has 0 radical (unpaired) electrons. The third-order valence-electron chi connectivity index (χ3n) is 3.13. The van der Waals surface area contributed by atoms with Crippen LogP contribution in [-0.2, 0) is 4.79 Å². The maximum atomic E-state index is 11.9. The van der Waals surface area contributed by atoms with E-state index < -0.39 is 0 Å². The van der Waals surface area contributed by atoms with Crippen LogP contribution in [0.1, 0.15) is 18.5 Å². The van der Waals surface area contributed by atoms with Crippen molar-refractivity contribution in [2.45, 2.75) is 13.0 Å². The average Bonchev–Trinajstić information content (AvgIpc) is 2.53. The highest BCUT2D eigenvalue weighted by molar-refractivity contribution is 5.92. The number of anilines is 1. The van der Waals surface area contributed by atoms with E-state index in [-0.39, 0.29) is 18.5 Å². The fourth-order valence-electron chi connectivity index (χ4n) is 1.92. The van der Waals surface area contributed by atoms with Gasteiger partial charge < -0.3 is 15.4 Å². The summed E-state index contributed by atoms with van der Waals surface area (Å²) >= 11 is 0. The predicted octanol–water partition coefficient (Wildman–Crippen LogP) is 2.38. The van der Waals surface area contributed by atoms with Gasteiger partial charge in [0.2, 0.25) is 5.91 Å². The molecule has 5 nitrogen and oxygen atoms in total. The van der Waals surface area contributed by atoms with Gasteiger partial charge in [0.15, 0.2) is 0 Å². The fourth-order valence-corrected chi connectivity index (χ4v) is 1.92. The molecule has 2 N–H and O–H groups in total. The van der Waals surface area contributed by atoms with E-state index in [4.69, 9.17) is 4.74 Å². The molecule has 21 heavy (non-hydrogen) atoms. The van der Waals surface area contributed by atoms with Gasteiger partial charge in [0.25, 0.3) is 0 Å². The zero-order chi connectivity index (χ0) is 15.1. The number of amides is 1. The van der Waals surface area contributed by atoms with Crippen molar-refractivity contribution in [2.24, 2.45) is 0 Å². The monoisotopic (exact) mass is 285 g/mol. The molecular formula is C16H19N3O2. The number of ether oxygens (including phenoxy) is 1. The molecule has 5 heteroatoms. The molecule has 1 atom stereocenters. The smallest absolute Gasteiger partial charge is 0.238 e. The van der Waals surface area contributed by atoms with Crippen LogP contribution in [0.4, 0.5) is 5.69 Å². The molecule has 2 aromatic rings. The van der Waals surface area contributed by atoms with E-state index in [2.05, 4.69) is 15.6 Å². The zero-order valence-electron chi connectivity index (χ0n) is 12.2. The van der Waals surface area contributed by atoms with Gasteiger partial charge >= 0.3 is 0 Å². The second-order valence-corrected chi connectivity index (χ2v) is 4.66. The maximum absolute atomic E-state index is 11.9. The van der Waals surface area contributed by atoms with Crippen molar-refractivity contribution in [3.63, 3.8) is 0 Å². The van der Waals surface area contributed by atoms with Crippen LogP contribution < -0.4 is 15.4 Å². The van der Waals surface area contributed by atoms with Crippen molar-refractivity contribution >= 4 is 11.6 Å². The number of hydrogen-bond acceptors (Lipinski definition) is 4. The number of aromatic nitrogens is 1. The van der Waals surface area contributed by atoms with Gasteiger partial charge in [0.1, 0.15) is 5.75 Å². The molecule has 1 aromatic carbocycles. The van der Waals surface area contributed by atoms with Gasteiger partial charge in [-0.25, -0.2) is 0 Å². The molecule has 0 aliphatic carbocycles. The minimum absolute atomic E-state index is 0.0871. The Morgan fingerprint density at radius 1 is 1.29 bits per heavy atom. The quantitative estimate of drug-likeness (QED) is 0.855. The highest BCUT2D eigenvalue weighted by atomic mass is 16.5. The summed E-state index contributed by atoms with van der Waals surface area (Å²) in [5.74, 6) is 0.620. The van der Waals surface area contributed by atoms with E-state index in [1.54, 1.807) is 25.6 Å². The van der Waals surface area contributed by atoms with Crippen molar-refractivity contribution in [1.29, 1.82) is 0 Å². The summed E-state index contributed by atoms with van der Waals surface area (Å²) in [5, 5.41) is 6.01. The van der Waals surface area contributed by atoms with Crippen LogP contribution in [0.5, 0.6) is 5.75 Å². The van der Waals surface area contributed by atoms with E-state index in [1.165, 1.54) is 0 Å². The van der Waals surface area contributed by atoms with Gasteiger partial charge in [-0.15, -0.1) is 0 Å². The van der Waals surface area contributed by atoms with Gasteiger partial charge in [-0.1, -0.05) is 6.07 Å². The molecule has 1 amide bonds. The minimum Gasteiger partial charge on any atom is -0.497 e.